The highest BCUT2D eigenvalue weighted by Crippen LogP contribution is 2.57. The maximum absolute atomic E-state index is 13.1. The minimum atomic E-state index is -3.93. The second kappa shape index (κ2) is 9.02. The minimum absolute atomic E-state index is 0.155. The average Bonchev–Trinajstić information content (AvgIpc) is 3.48. The van der Waals surface area contributed by atoms with Crippen molar-refractivity contribution in [3.63, 3.8) is 0 Å². The molecular weight excluding hydrogens is 483 g/mol. The first kappa shape index (κ1) is 22.8. The molecular formula is C18H20ClN4O9P. The standard InChI is InChI=1S/C18H20ClN4O9P/c19-10-3-1-2-9(6-10)11-4-5-27-33(26,32-11)28-7-12-13-14(31-18(25)30-13)17(29-12)23-8-21-16(22-23)15(20)24/h1-3,6,8,11-14,17-18,25H,4-5,7H2,(H2,20,24). The molecule has 3 N–H and O–H groups in total. The lowest BCUT2D eigenvalue weighted by atomic mass is 10.1. The van der Waals surface area contributed by atoms with Gasteiger partial charge in [-0.15, -0.1) is 5.10 Å². The summed E-state index contributed by atoms with van der Waals surface area (Å²) in [4.78, 5) is 15.1. The van der Waals surface area contributed by atoms with Crippen LogP contribution in [0.3, 0.4) is 0 Å². The van der Waals surface area contributed by atoms with E-state index in [1.807, 2.05) is 6.07 Å². The van der Waals surface area contributed by atoms with Crippen LogP contribution in [-0.2, 0) is 32.3 Å². The van der Waals surface area contributed by atoms with Gasteiger partial charge in [-0.05, 0) is 17.7 Å². The second-order valence-electron chi connectivity index (χ2n) is 7.50. The maximum Gasteiger partial charge on any atom is 0.475 e. The highest BCUT2D eigenvalue weighted by Gasteiger charge is 2.54. The van der Waals surface area contributed by atoms with E-state index in [1.165, 1.54) is 11.0 Å². The number of fused-ring (bicyclic) bond motifs is 1. The lowest BCUT2D eigenvalue weighted by Crippen LogP contribution is -2.32. The molecule has 7 unspecified atom stereocenters. The van der Waals surface area contributed by atoms with Crippen LogP contribution in [0.15, 0.2) is 30.6 Å². The lowest BCUT2D eigenvalue weighted by molar-refractivity contribution is -0.244. The third-order valence-corrected chi connectivity index (χ3v) is 7.04. The molecule has 0 radical (unpaired) electrons. The number of carbonyl (C=O) groups excluding carboxylic acids is 1. The quantitative estimate of drug-likeness (QED) is 0.546. The van der Waals surface area contributed by atoms with Crippen molar-refractivity contribution in [3.05, 3.63) is 47.0 Å². The van der Waals surface area contributed by atoms with Crippen LogP contribution in [0.2, 0.25) is 5.02 Å². The van der Waals surface area contributed by atoms with Gasteiger partial charge in [0.25, 0.3) is 12.4 Å². The van der Waals surface area contributed by atoms with Crippen LogP contribution in [0.1, 0.15) is 34.9 Å². The molecule has 3 saturated heterocycles. The Kier molecular flexibility index (Phi) is 6.25. The number of primary amides is 1. The first-order valence-corrected chi connectivity index (χ1v) is 11.8. The molecule has 178 valence electrons. The number of phosphoric ester groups is 1. The molecule has 7 atom stereocenters. The first-order chi connectivity index (χ1) is 15.8. The van der Waals surface area contributed by atoms with Crippen LogP contribution >= 0.6 is 19.4 Å². The van der Waals surface area contributed by atoms with Gasteiger partial charge in [0.05, 0.1) is 19.3 Å². The van der Waals surface area contributed by atoms with Crippen molar-refractivity contribution in [2.45, 2.75) is 43.5 Å². The Labute approximate surface area is 192 Å². The number of aliphatic hydroxyl groups excluding tert-OH is 1. The molecule has 33 heavy (non-hydrogen) atoms. The van der Waals surface area contributed by atoms with Crippen LogP contribution in [0.4, 0.5) is 0 Å². The number of carbonyl (C=O) groups is 1. The Hall–Kier alpha value is -1.93. The zero-order valence-corrected chi connectivity index (χ0v) is 18.6. The van der Waals surface area contributed by atoms with Crippen molar-refractivity contribution in [1.82, 2.24) is 14.8 Å². The third-order valence-electron chi connectivity index (χ3n) is 5.33. The summed E-state index contributed by atoms with van der Waals surface area (Å²) in [5.74, 6) is -1.03. The number of ether oxygens (including phenoxy) is 3. The molecule has 1 aromatic heterocycles. The number of nitrogens with zero attached hydrogens (tertiary/aromatic N) is 3. The molecule has 5 rings (SSSR count). The van der Waals surface area contributed by atoms with Crippen LogP contribution in [0, 0.1) is 0 Å². The summed E-state index contributed by atoms with van der Waals surface area (Å²) < 4.78 is 47.4. The summed E-state index contributed by atoms with van der Waals surface area (Å²) in [6, 6.07) is 7.03. The lowest BCUT2D eigenvalue weighted by Gasteiger charge is -2.30. The summed E-state index contributed by atoms with van der Waals surface area (Å²) in [6.07, 6.45) is -2.14. The van der Waals surface area contributed by atoms with Crippen LogP contribution in [-0.4, -0.2) is 63.8 Å². The number of aromatic nitrogens is 3. The van der Waals surface area contributed by atoms with E-state index in [0.29, 0.717) is 11.4 Å². The molecule has 15 heteroatoms. The zero-order chi connectivity index (χ0) is 23.2. The molecule has 4 heterocycles. The summed E-state index contributed by atoms with van der Waals surface area (Å²) in [6.45, 7) is -1.61. The topological polar surface area (TPSA) is 166 Å². The predicted octanol–water partition coefficient (Wildman–Crippen LogP) is 1.29. The van der Waals surface area contributed by atoms with Gasteiger partial charge < -0.3 is 25.1 Å². The van der Waals surface area contributed by atoms with Gasteiger partial charge in [0.2, 0.25) is 5.82 Å². The number of phosphoric acid groups is 1. The molecule has 0 bridgehead atoms. The number of hydrogen-bond acceptors (Lipinski definition) is 11. The van der Waals surface area contributed by atoms with E-state index < -0.39 is 50.8 Å². The van der Waals surface area contributed by atoms with Crippen LogP contribution in [0.5, 0.6) is 0 Å². The van der Waals surface area contributed by atoms with Gasteiger partial charge >= 0.3 is 7.82 Å². The zero-order valence-electron chi connectivity index (χ0n) is 16.9. The van der Waals surface area contributed by atoms with Gasteiger partial charge in [-0.25, -0.2) is 14.2 Å². The van der Waals surface area contributed by atoms with Crippen molar-refractivity contribution in [2.24, 2.45) is 5.73 Å². The van der Waals surface area contributed by atoms with Gasteiger partial charge in [-0.2, -0.15) is 0 Å². The molecule has 0 aliphatic carbocycles. The van der Waals surface area contributed by atoms with Crippen molar-refractivity contribution < 1.29 is 42.2 Å². The van der Waals surface area contributed by atoms with Crippen molar-refractivity contribution in [2.75, 3.05) is 13.2 Å². The fraction of sp³-hybridized carbons (Fsp3) is 0.500. The Morgan fingerprint density at radius 3 is 2.91 bits per heavy atom. The molecule has 1 amide bonds. The predicted molar refractivity (Wildman–Crippen MR) is 108 cm³/mol. The molecule has 0 saturated carbocycles. The molecule has 13 nitrogen and oxygen atoms in total. The molecule has 3 aliphatic heterocycles. The number of benzene rings is 1. The van der Waals surface area contributed by atoms with E-state index in [1.54, 1.807) is 18.2 Å². The monoisotopic (exact) mass is 502 g/mol. The number of nitrogens with two attached hydrogens (primary N) is 1. The molecule has 3 aliphatic rings. The molecule has 3 fully saturated rings. The highest BCUT2D eigenvalue weighted by atomic mass is 35.5. The fourth-order valence-corrected chi connectivity index (χ4v) is 5.45. The Morgan fingerprint density at radius 1 is 1.33 bits per heavy atom. The van der Waals surface area contributed by atoms with E-state index >= 15 is 0 Å². The highest BCUT2D eigenvalue weighted by molar-refractivity contribution is 7.48. The van der Waals surface area contributed by atoms with Gasteiger partial charge in [0.15, 0.2) is 6.23 Å². The van der Waals surface area contributed by atoms with Crippen molar-refractivity contribution in [3.8, 4) is 0 Å². The van der Waals surface area contributed by atoms with Crippen molar-refractivity contribution >= 4 is 25.3 Å². The van der Waals surface area contributed by atoms with E-state index in [-0.39, 0.29) is 19.0 Å². The van der Waals surface area contributed by atoms with Gasteiger partial charge in [-0.1, -0.05) is 23.7 Å². The first-order valence-electron chi connectivity index (χ1n) is 10.00. The Morgan fingerprint density at radius 2 is 2.15 bits per heavy atom. The van der Waals surface area contributed by atoms with Gasteiger partial charge in [0, 0.05) is 11.4 Å². The summed E-state index contributed by atoms with van der Waals surface area (Å²) in [5, 5.41) is 14.3. The van der Waals surface area contributed by atoms with E-state index in [0.717, 1.165) is 5.56 Å². The number of amides is 1. The normalized spacial score (nSPS) is 36.1. The van der Waals surface area contributed by atoms with E-state index in [2.05, 4.69) is 10.1 Å². The summed E-state index contributed by atoms with van der Waals surface area (Å²) >= 11 is 6.04. The minimum Gasteiger partial charge on any atom is -0.363 e. The second-order valence-corrected chi connectivity index (χ2v) is 9.56. The van der Waals surface area contributed by atoms with Crippen molar-refractivity contribution in [1.29, 1.82) is 0 Å². The number of hydrogen-bond donors (Lipinski definition) is 2. The fourth-order valence-electron chi connectivity index (χ4n) is 3.85. The SMILES string of the molecule is NC(=O)c1ncn(C2OC(COP3(=O)OCCC(c4cccc(Cl)c4)O3)C3OC(O)OC32)n1. The maximum atomic E-state index is 13.1. The third kappa shape index (κ3) is 4.69. The van der Waals surface area contributed by atoms with Crippen LogP contribution < -0.4 is 5.73 Å². The van der Waals surface area contributed by atoms with E-state index in [9.17, 15) is 14.5 Å². The van der Waals surface area contributed by atoms with E-state index in [4.69, 9.17) is 45.1 Å². The summed E-state index contributed by atoms with van der Waals surface area (Å²) in [5.41, 5.74) is 5.94. The van der Waals surface area contributed by atoms with Gasteiger partial charge in [0.1, 0.15) is 24.6 Å². The smallest absolute Gasteiger partial charge is 0.363 e. The molecule has 2 aromatic rings. The Bertz CT molecular complexity index is 1090. The van der Waals surface area contributed by atoms with Crippen LogP contribution in [0.25, 0.3) is 0 Å². The number of aliphatic hydroxyl groups is 1. The number of rotatable bonds is 6. The largest absolute Gasteiger partial charge is 0.475 e. The van der Waals surface area contributed by atoms with Gasteiger partial charge in [-0.3, -0.25) is 18.4 Å². The molecule has 1 aromatic carbocycles. The molecule has 0 spiro atoms. The average molecular weight is 503 g/mol. The number of halogens is 1. The summed E-state index contributed by atoms with van der Waals surface area (Å²) in [7, 11) is -3.93. The Balaban J connectivity index is 1.27.